The van der Waals surface area contributed by atoms with Gasteiger partial charge in [0.25, 0.3) is 0 Å². The van der Waals surface area contributed by atoms with Crippen molar-refractivity contribution in [2.24, 2.45) is 5.41 Å². The van der Waals surface area contributed by atoms with Crippen LogP contribution < -0.4 is 5.32 Å². The molecular weight excluding hydrogens is 210 g/mol. The predicted molar refractivity (Wildman–Crippen MR) is 71.0 cm³/mol. The van der Waals surface area contributed by atoms with E-state index >= 15 is 0 Å². The Hall–Kier alpha value is -1.02. The van der Waals surface area contributed by atoms with Crippen LogP contribution in [0.3, 0.4) is 0 Å². The maximum atomic E-state index is 9.21. The van der Waals surface area contributed by atoms with Crippen molar-refractivity contribution in [3.63, 3.8) is 0 Å². The molecule has 0 bridgehead atoms. The second kappa shape index (κ2) is 5.54. The lowest BCUT2D eigenvalue weighted by molar-refractivity contribution is 0.207. The Morgan fingerprint density at radius 1 is 1.12 bits per heavy atom. The van der Waals surface area contributed by atoms with Crippen LogP contribution in [0.5, 0.6) is 5.75 Å². The third-order valence-corrected chi connectivity index (χ3v) is 3.88. The molecule has 0 aliphatic heterocycles. The van der Waals surface area contributed by atoms with E-state index in [0.29, 0.717) is 11.2 Å². The fourth-order valence-electron chi connectivity index (χ4n) is 2.70. The lowest BCUT2D eigenvalue weighted by atomic mass is 9.76. The van der Waals surface area contributed by atoms with Crippen LogP contribution in [0.4, 0.5) is 0 Å². The molecule has 0 amide bonds. The molecule has 0 spiro atoms. The number of nitrogens with one attached hydrogen (secondary N) is 1. The molecule has 1 saturated carbocycles. The first-order valence-corrected chi connectivity index (χ1v) is 6.67. The first kappa shape index (κ1) is 12.4. The monoisotopic (exact) mass is 233 g/mol. The molecule has 2 nitrogen and oxygen atoms in total. The van der Waals surface area contributed by atoms with Gasteiger partial charge in [-0.3, -0.25) is 0 Å². The van der Waals surface area contributed by atoms with Gasteiger partial charge in [0, 0.05) is 13.1 Å². The average Bonchev–Trinajstić information content (AvgIpc) is 2.32. The predicted octanol–water partition coefficient (Wildman–Crippen LogP) is 3.45. The fourth-order valence-corrected chi connectivity index (χ4v) is 2.70. The number of benzene rings is 1. The molecule has 0 unspecified atom stereocenters. The molecule has 0 heterocycles. The highest BCUT2D eigenvalue weighted by Gasteiger charge is 2.25. The van der Waals surface area contributed by atoms with E-state index in [1.54, 1.807) is 12.1 Å². The van der Waals surface area contributed by atoms with Crippen LogP contribution in [0.15, 0.2) is 24.3 Å². The van der Waals surface area contributed by atoms with Gasteiger partial charge in [0.15, 0.2) is 0 Å². The Balaban J connectivity index is 1.77. The molecule has 94 valence electrons. The van der Waals surface area contributed by atoms with Crippen LogP contribution in [0, 0.1) is 5.41 Å². The standard InChI is InChI=1S/C15H23NO/c1-15(9-3-2-4-10-15)12-16-11-13-5-7-14(17)8-6-13/h5-8,16-17H,2-4,9-12H2,1H3. The quantitative estimate of drug-likeness (QED) is 0.834. The summed E-state index contributed by atoms with van der Waals surface area (Å²) in [4.78, 5) is 0. The van der Waals surface area contributed by atoms with Crippen molar-refractivity contribution >= 4 is 0 Å². The minimum absolute atomic E-state index is 0.341. The summed E-state index contributed by atoms with van der Waals surface area (Å²) in [7, 11) is 0. The average molecular weight is 233 g/mol. The van der Waals surface area contributed by atoms with Crippen molar-refractivity contribution in [3.05, 3.63) is 29.8 Å². The van der Waals surface area contributed by atoms with Crippen LogP contribution in [0.1, 0.15) is 44.6 Å². The van der Waals surface area contributed by atoms with Crippen molar-refractivity contribution in [2.45, 2.75) is 45.6 Å². The van der Waals surface area contributed by atoms with E-state index in [1.807, 2.05) is 12.1 Å². The highest BCUT2D eigenvalue weighted by molar-refractivity contribution is 5.25. The van der Waals surface area contributed by atoms with Crippen molar-refractivity contribution in [3.8, 4) is 5.75 Å². The number of hydrogen-bond acceptors (Lipinski definition) is 2. The van der Waals surface area contributed by atoms with E-state index in [9.17, 15) is 5.11 Å². The number of phenols is 1. The molecule has 2 heteroatoms. The highest BCUT2D eigenvalue weighted by Crippen LogP contribution is 2.34. The molecule has 0 aromatic heterocycles. The third kappa shape index (κ3) is 3.74. The van der Waals surface area contributed by atoms with Gasteiger partial charge in [-0.2, -0.15) is 0 Å². The number of hydrogen-bond donors (Lipinski definition) is 2. The zero-order valence-corrected chi connectivity index (χ0v) is 10.7. The summed E-state index contributed by atoms with van der Waals surface area (Å²) in [6, 6.07) is 7.45. The fraction of sp³-hybridized carbons (Fsp3) is 0.600. The van der Waals surface area contributed by atoms with Gasteiger partial charge >= 0.3 is 0 Å². The van der Waals surface area contributed by atoms with Crippen LogP contribution >= 0.6 is 0 Å². The maximum Gasteiger partial charge on any atom is 0.115 e. The van der Waals surface area contributed by atoms with E-state index in [-0.39, 0.29) is 0 Å². The third-order valence-electron chi connectivity index (χ3n) is 3.88. The largest absolute Gasteiger partial charge is 0.508 e. The Kier molecular flexibility index (Phi) is 4.06. The number of phenolic OH excluding ortho intramolecular Hbond substituents is 1. The van der Waals surface area contributed by atoms with Crippen LogP contribution in [-0.2, 0) is 6.54 Å². The molecule has 1 fully saturated rings. The zero-order chi connectivity index (χ0) is 12.1. The Bertz CT molecular complexity index is 338. The molecule has 0 saturated heterocycles. The van der Waals surface area contributed by atoms with Crippen LogP contribution in [0.25, 0.3) is 0 Å². The first-order valence-electron chi connectivity index (χ1n) is 6.67. The van der Waals surface area contributed by atoms with Gasteiger partial charge in [-0.05, 0) is 36.0 Å². The van der Waals surface area contributed by atoms with Gasteiger partial charge in [0.05, 0.1) is 0 Å². The van der Waals surface area contributed by atoms with Gasteiger partial charge < -0.3 is 10.4 Å². The number of rotatable bonds is 4. The molecule has 1 aromatic rings. The van der Waals surface area contributed by atoms with Crippen molar-refractivity contribution < 1.29 is 5.11 Å². The molecule has 1 aromatic carbocycles. The second-order valence-corrected chi connectivity index (χ2v) is 5.64. The van der Waals surface area contributed by atoms with Gasteiger partial charge in [-0.1, -0.05) is 38.3 Å². The molecule has 2 rings (SSSR count). The zero-order valence-electron chi connectivity index (χ0n) is 10.7. The van der Waals surface area contributed by atoms with Crippen molar-refractivity contribution in [1.29, 1.82) is 0 Å². The summed E-state index contributed by atoms with van der Waals surface area (Å²) < 4.78 is 0. The summed E-state index contributed by atoms with van der Waals surface area (Å²) in [6.07, 6.45) is 6.90. The topological polar surface area (TPSA) is 32.3 Å². The molecule has 17 heavy (non-hydrogen) atoms. The SMILES string of the molecule is CC1(CNCc2ccc(O)cc2)CCCCC1. The van der Waals surface area contributed by atoms with E-state index < -0.39 is 0 Å². The minimum Gasteiger partial charge on any atom is -0.508 e. The van der Waals surface area contributed by atoms with E-state index in [4.69, 9.17) is 0 Å². The second-order valence-electron chi connectivity index (χ2n) is 5.64. The Morgan fingerprint density at radius 3 is 2.41 bits per heavy atom. The molecule has 1 aliphatic carbocycles. The summed E-state index contributed by atoms with van der Waals surface area (Å²) >= 11 is 0. The lowest BCUT2D eigenvalue weighted by Crippen LogP contribution is -2.33. The number of aromatic hydroxyl groups is 1. The highest BCUT2D eigenvalue weighted by atomic mass is 16.3. The smallest absolute Gasteiger partial charge is 0.115 e. The van der Waals surface area contributed by atoms with E-state index in [1.165, 1.54) is 37.7 Å². The van der Waals surface area contributed by atoms with Gasteiger partial charge in [-0.15, -0.1) is 0 Å². The van der Waals surface area contributed by atoms with Gasteiger partial charge in [-0.25, -0.2) is 0 Å². The molecule has 2 N–H and O–H groups in total. The van der Waals surface area contributed by atoms with E-state index in [2.05, 4.69) is 12.2 Å². The lowest BCUT2D eigenvalue weighted by Gasteiger charge is -2.33. The normalized spacial score (nSPS) is 19.1. The maximum absolute atomic E-state index is 9.21. The Labute approximate surface area is 104 Å². The summed E-state index contributed by atoms with van der Waals surface area (Å²) in [5.41, 5.74) is 1.73. The first-order chi connectivity index (χ1) is 8.18. The summed E-state index contributed by atoms with van der Waals surface area (Å²) in [5, 5.41) is 12.8. The minimum atomic E-state index is 0.341. The van der Waals surface area contributed by atoms with E-state index in [0.717, 1.165) is 13.1 Å². The van der Waals surface area contributed by atoms with Gasteiger partial charge in [0.2, 0.25) is 0 Å². The molecule has 1 aliphatic rings. The Morgan fingerprint density at radius 2 is 1.76 bits per heavy atom. The van der Waals surface area contributed by atoms with Crippen LogP contribution in [-0.4, -0.2) is 11.7 Å². The molecule has 0 radical (unpaired) electrons. The van der Waals surface area contributed by atoms with Crippen molar-refractivity contribution in [1.82, 2.24) is 5.32 Å². The molecule has 0 atom stereocenters. The summed E-state index contributed by atoms with van der Waals surface area (Å²) in [5.74, 6) is 0.341. The van der Waals surface area contributed by atoms with Gasteiger partial charge in [0.1, 0.15) is 5.75 Å². The summed E-state index contributed by atoms with van der Waals surface area (Å²) in [6.45, 7) is 4.40. The molecular formula is C15H23NO. The van der Waals surface area contributed by atoms with Crippen LogP contribution in [0.2, 0.25) is 0 Å². The van der Waals surface area contributed by atoms with Crippen molar-refractivity contribution in [2.75, 3.05) is 6.54 Å².